The zero-order chi connectivity index (χ0) is 18.1. The number of rotatable bonds is 1. The van der Waals surface area contributed by atoms with Crippen molar-refractivity contribution in [2.45, 2.75) is 25.5 Å². The van der Waals surface area contributed by atoms with E-state index in [1.807, 2.05) is 29.2 Å². The second-order valence-electron chi connectivity index (χ2n) is 6.86. The highest BCUT2D eigenvalue weighted by atomic mass is 16.6. The second kappa shape index (κ2) is 5.02. The van der Waals surface area contributed by atoms with Crippen LogP contribution in [0.25, 0.3) is 16.6 Å². The number of hydrogen-bond donors (Lipinski definition) is 1. The van der Waals surface area contributed by atoms with Gasteiger partial charge in [0.15, 0.2) is 5.60 Å². The third kappa shape index (κ3) is 1.87. The zero-order valence-corrected chi connectivity index (χ0v) is 14.2. The van der Waals surface area contributed by atoms with Gasteiger partial charge in [0, 0.05) is 17.5 Å². The molecule has 6 heteroatoms. The summed E-state index contributed by atoms with van der Waals surface area (Å²) in [5.41, 5.74) is 2.51. The van der Waals surface area contributed by atoms with E-state index in [9.17, 15) is 14.7 Å². The van der Waals surface area contributed by atoms with E-state index < -0.39 is 17.5 Å². The molecule has 0 spiro atoms. The molecule has 0 saturated heterocycles. The second-order valence-corrected chi connectivity index (χ2v) is 6.86. The van der Waals surface area contributed by atoms with Crippen molar-refractivity contribution in [1.82, 2.24) is 9.88 Å². The van der Waals surface area contributed by atoms with E-state index in [0.717, 1.165) is 27.9 Å². The van der Waals surface area contributed by atoms with Crippen LogP contribution in [0, 0.1) is 0 Å². The lowest BCUT2D eigenvalue weighted by Gasteiger charge is -2.36. The summed E-state index contributed by atoms with van der Waals surface area (Å²) < 4.78 is 4.79. The van der Waals surface area contributed by atoms with Gasteiger partial charge in [-0.25, -0.2) is 14.6 Å². The Balaban J connectivity index is 1.71. The maximum atomic E-state index is 12.2. The molecule has 0 bridgehead atoms. The van der Waals surface area contributed by atoms with Crippen molar-refractivity contribution in [2.24, 2.45) is 0 Å². The van der Waals surface area contributed by atoms with Crippen LogP contribution in [-0.2, 0) is 20.9 Å². The Morgan fingerprint density at radius 3 is 2.88 bits per heavy atom. The predicted octanol–water partition coefficient (Wildman–Crippen LogP) is 1.93. The molecule has 0 aliphatic carbocycles. The first-order chi connectivity index (χ1) is 12.5. The van der Waals surface area contributed by atoms with Crippen molar-refractivity contribution in [1.29, 1.82) is 0 Å². The third-order valence-electron chi connectivity index (χ3n) is 5.43. The minimum Gasteiger partial charge on any atom is -0.387 e. The van der Waals surface area contributed by atoms with Crippen molar-refractivity contribution in [3.05, 3.63) is 58.8 Å². The number of benzene rings is 1. The molecule has 1 aromatic heterocycles. The van der Waals surface area contributed by atoms with E-state index in [1.54, 1.807) is 13.0 Å². The van der Waals surface area contributed by atoms with Crippen LogP contribution in [0.4, 0.5) is 0 Å². The molecule has 2 aromatic rings. The number of pyridine rings is 1. The molecular weight excluding hydrogens is 332 g/mol. The summed E-state index contributed by atoms with van der Waals surface area (Å²) in [4.78, 5) is 31.2. The van der Waals surface area contributed by atoms with E-state index >= 15 is 0 Å². The van der Waals surface area contributed by atoms with Crippen LogP contribution in [0.1, 0.15) is 24.6 Å². The van der Waals surface area contributed by atoms with E-state index in [2.05, 4.69) is 6.07 Å². The van der Waals surface area contributed by atoms with Crippen molar-refractivity contribution in [3.8, 4) is 0 Å². The molecule has 1 N–H and O–H groups in total. The minimum atomic E-state index is -1.79. The number of carbonyl (C=O) groups is 2. The lowest BCUT2D eigenvalue weighted by Crippen LogP contribution is -2.49. The first-order valence-corrected chi connectivity index (χ1v) is 8.59. The molecule has 1 atom stereocenters. The summed E-state index contributed by atoms with van der Waals surface area (Å²) in [5.74, 6) is -1.58. The Bertz CT molecular complexity index is 1070. The zero-order valence-electron chi connectivity index (χ0n) is 14.2. The van der Waals surface area contributed by atoms with Crippen LogP contribution in [0.5, 0.6) is 0 Å². The summed E-state index contributed by atoms with van der Waals surface area (Å²) in [6.07, 6.45) is 1.87. The Kier molecular flexibility index (Phi) is 2.95. The number of fused-ring (bicyclic) bond motifs is 4. The highest BCUT2D eigenvalue weighted by Crippen LogP contribution is 2.42. The molecule has 3 aliphatic heterocycles. The van der Waals surface area contributed by atoms with Crippen LogP contribution >= 0.6 is 0 Å². The van der Waals surface area contributed by atoms with Gasteiger partial charge in [-0.05, 0) is 30.2 Å². The number of aromatic nitrogens is 1. The Morgan fingerprint density at radius 1 is 1.27 bits per heavy atom. The molecule has 0 unspecified atom stereocenters. The fourth-order valence-electron chi connectivity index (χ4n) is 3.96. The quantitative estimate of drug-likeness (QED) is 0.627. The van der Waals surface area contributed by atoms with Crippen LogP contribution in [0.2, 0.25) is 0 Å². The number of esters is 2. The molecule has 5 rings (SSSR count). The van der Waals surface area contributed by atoms with Gasteiger partial charge in [0.05, 0.1) is 29.0 Å². The lowest BCUT2D eigenvalue weighted by molar-refractivity contribution is -0.172. The van der Waals surface area contributed by atoms with Gasteiger partial charge in [-0.15, -0.1) is 0 Å². The maximum Gasteiger partial charge on any atom is 0.350 e. The van der Waals surface area contributed by atoms with Gasteiger partial charge in [-0.2, -0.15) is 0 Å². The van der Waals surface area contributed by atoms with E-state index in [1.165, 1.54) is 0 Å². The maximum absolute atomic E-state index is 12.2. The first-order valence-electron chi connectivity index (χ1n) is 8.59. The predicted molar refractivity (Wildman–Crippen MR) is 93.5 cm³/mol. The number of hydrogen-bond acceptors (Lipinski definition) is 6. The highest BCUT2D eigenvalue weighted by molar-refractivity contribution is 6.07. The molecule has 4 heterocycles. The summed E-state index contributed by atoms with van der Waals surface area (Å²) in [7, 11) is 0. The van der Waals surface area contributed by atoms with Crippen molar-refractivity contribution >= 4 is 28.5 Å². The Labute approximate surface area is 149 Å². The molecule has 0 fully saturated rings. The fraction of sp³-hybridized carbons (Fsp3) is 0.250. The fourth-order valence-corrected chi connectivity index (χ4v) is 3.96. The molecule has 1 aromatic carbocycles. The van der Waals surface area contributed by atoms with Crippen LogP contribution < -0.4 is 0 Å². The van der Waals surface area contributed by atoms with Crippen LogP contribution in [-0.4, -0.2) is 39.1 Å². The van der Waals surface area contributed by atoms with Gasteiger partial charge in [-0.3, -0.25) is 0 Å². The third-order valence-corrected chi connectivity index (χ3v) is 5.43. The topological polar surface area (TPSA) is 79.7 Å². The van der Waals surface area contributed by atoms with Gasteiger partial charge in [0.1, 0.15) is 0 Å². The van der Waals surface area contributed by atoms with E-state index in [4.69, 9.17) is 9.72 Å². The molecule has 6 nitrogen and oxygen atoms in total. The first kappa shape index (κ1) is 15.3. The van der Waals surface area contributed by atoms with Crippen molar-refractivity contribution in [2.75, 3.05) is 6.54 Å². The Hall–Kier alpha value is -2.99. The monoisotopic (exact) mass is 348 g/mol. The number of nitrogens with zero attached hydrogens (tertiary/aromatic N) is 2. The molecular formula is C20H16N2O4. The highest BCUT2D eigenvalue weighted by Gasteiger charge is 2.49. The smallest absolute Gasteiger partial charge is 0.350 e. The number of cyclic esters (lactones) is 2. The summed E-state index contributed by atoms with van der Waals surface area (Å²) in [6, 6.07) is 9.99. The largest absolute Gasteiger partial charge is 0.387 e. The number of ether oxygens (including phenoxy) is 1. The standard InChI is InChI=1S/C20H16N2O4/c1-2-20(25)14-8-16-17-12(7-11-5-3-4-6-15(11)21-17)9-22(16)10-13(14)18(23)26-19(20)24/h3-8,25H,2,9-10H2,1H3/t20-/m0/s1. The minimum absolute atomic E-state index is 0.139. The van der Waals surface area contributed by atoms with Crippen molar-refractivity contribution in [3.63, 3.8) is 0 Å². The lowest BCUT2D eigenvalue weighted by atomic mass is 9.83. The SMILES string of the molecule is CC[C@@]1(O)C(=O)OC(=O)C2=C1C=C1c3nc4ccccc4cc3CN1C2. The molecule has 3 aliphatic rings. The average molecular weight is 348 g/mol. The molecule has 26 heavy (non-hydrogen) atoms. The van der Waals surface area contributed by atoms with E-state index in [0.29, 0.717) is 24.2 Å². The molecule has 130 valence electrons. The summed E-state index contributed by atoms with van der Waals surface area (Å²) >= 11 is 0. The average Bonchev–Trinajstić information content (AvgIpc) is 2.99. The van der Waals surface area contributed by atoms with Gasteiger partial charge in [0.2, 0.25) is 0 Å². The van der Waals surface area contributed by atoms with Crippen molar-refractivity contribution < 1.29 is 19.4 Å². The van der Waals surface area contributed by atoms with Gasteiger partial charge in [0.25, 0.3) is 0 Å². The molecule has 0 radical (unpaired) electrons. The van der Waals surface area contributed by atoms with Gasteiger partial charge < -0.3 is 14.7 Å². The molecule has 0 amide bonds. The number of para-hydroxylation sites is 1. The normalized spacial score (nSPS) is 24.2. The summed E-state index contributed by atoms with van der Waals surface area (Å²) in [6.45, 7) is 2.62. The van der Waals surface area contributed by atoms with E-state index in [-0.39, 0.29) is 6.42 Å². The summed E-state index contributed by atoms with van der Waals surface area (Å²) in [5, 5.41) is 11.9. The molecule has 0 saturated carbocycles. The van der Waals surface area contributed by atoms with Crippen LogP contribution in [0.15, 0.2) is 47.6 Å². The number of carbonyl (C=O) groups excluding carboxylic acids is 2. The Morgan fingerprint density at radius 2 is 2.08 bits per heavy atom. The number of aliphatic hydroxyl groups is 1. The van der Waals surface area contributed by atoms with Crippen LogP contribution in [0.3, 0.4) is 0 Å². The van der Waals surface area contributed by atoms with Gasteiger partial charge >= 0.3 is 11.9 Å². The van der Waals surface area contributed by atoms with Gasteiger partial charge in [-0.1, -0.05) is 25.1 Å².